The normalized spacial score (nSPS) is 15.6. The van der Waals surface area contributed by atoms with E-state index in [0.717, 1.165) is 0 Å². The van der Waals surface area contributed by atoms with Crippen LogP contribution in [0.5, 0.6) is 0 Å². The Morgan fingerprint density at radius 1 is 1.75 bits per heavy atom. The Labute approximate surface area is 86.4 Å². The number of carbonyl (C=O) groups is 1. The van der Waals surface area contributed by atoms with Gasteiger partial charge in [-0.3, -0.25) is 4.79 Å². The van der Waals surface area contributed by atoms with Crippen LogP contribution >= 0.6 is 23.0 Å². The maximum atomic E-state index is 10.5. The van der Waals surface area contributed by atoms with Gasteiger partial charge >= 0.3 is 5.97 Å². The first-order valence-electron chi connectivity index (χ1n) is 3.76. The SMILES string of the molecule is CNC[C@H](C[C@H](C)C(=O)O)OI. The van der Waals surface area contributed by atoms with Gasteiger partial charge in [0.2, 0.25) is 0 Å². The van der Waals surface area contributed by atoms with Gasteiger partial charge in [0.15, 0.2) is 0 Å². The van der Waals surface area contributed by atoms with Crippen molar-refractivity contribution in [2.75, 3.05) is 13.6 Å². The van der Waals surface area contributed by atoms with E-state index in [4.69, 9.17) is 8.17 Å². The topological polar surface area (TPSA) is 58.6 Å². The minimum Gasteiger partial charge on any atom is -0.481 e. The molecule has 0 bridgehead atoms. The lowest BCUT2D eigenvalue weighted by Gasteiger charge is -2.15. The molecule has 0 aliphatic rings. The molecule has 0 aliphatic carbocycles. The lowest BCUT2D eigenvalue weighted by atomic mass is 10.0. The highest BCUT2D eigenvalue weighted by molar-refractivity contribution is 14.1. The standard InChI is InChI=1S/C7H14INO3/c1-5(7(10)11)3-6(12-8)4-9-2/h5-6,9H,3-4H2,1-2H3,(H,10,11)/t5-,6-/m0/s1. The number of rotatable bonds is 6. The van der Waals surface area contributed by atoms with Gasteiger partial charge in [0.05, 0.1) is 12.0 Å². The Morgan fingerprint density at radius 3 is 2.67 bits per heavy atom. The van der Waals surface area contributed by atoms with Gasteiger partial charge < -0.3 is 13.5 Å². The van der Waals surface area contributed by atoms with Gasteiger partial charge in [-0.2, -0.15) is 0 Å². The molecule has 0 aromatic heterocycles. The summed E-state index contributed by atoms with van der Waals surface area (Å²) in [6.45, 7) is 2.36. The smallest absolute Gasteiger partial charge is 0.306 e. The predicted molar refractivity (Wildman–Crippen MR) is 54.2 cm³/mol. The molecule has 0 aromatic rings. The molecule has 0 heterocycles. The highest BCUT2D eigenvalue weighted by Crippen LogP contribution is 2.11. The monoisotopic (exact) mass is 287 g/mol. The minimum atomic E-state index is -0.774. The third kappa shape index (κ3) is 4.89. The van der Waals surface area contributed by atoms with Crippen molar-refractivity contribution < 1.29 is 13.0 Å². The fraction of sp³-hybridized carbons (Fsp3) is 0.857. The van der Waals surface area contributed by atoms with Crippen LogP contribution < -0.4 is 5.32 Å². The number of hydrogen-bond donors (Lipinski definition) is 2. The van der Waals surface area contributed by atoms with E-state index in [0.29, 0.717) is 13.0 Å². The molecule has 0 aliphatic heterocycles. The molecule has 0 rings (SSSR count). The van der Waals surface area contributed by atoms with Crippen LogP contribution in [-0.4, -0.2) is 30.8 Å². The summed E-state index contributed by atoms with van der Waals surface area (Å²) < 4.78 is 5.06. The fourth-order valence-corrected chi connectivity index (χ4v) is 1.26. The Balaban J connectivity index is 3.76. The van der Waals surface area contributed by atoms with Gasteiger partial charge in [0.25, 0.3) is 0 Å². The number of nitrogens with one attached hydrogen (secondary N) is 1. The van der Waals surface area contributed by atoms with Crippen LogP contribution in [0.3, 0.4) is 0 Å². The maximum absolute atomic E-state index is 10.5. The van der Waals surface area contributed by atoms with Crippen molar-refractivity contribution in [3.8, 4) is 0 Å². The molecule has 0 unspecified atom stereocenters. The molecule has 72 valence electrons. The van der Waals surface area contributed by atoms with E-state index in [-0.39, 0.29) is 12.0 Å². The van der Waals surface area contributed by atoms with Gasteiger partial charge in [-0.1, -0.05) is 6.92 Å². The molecule has 0 saturated heterocycles. The number of halogens is 1. The van der Waals surface area contributed by atoms with Gasteiger partial charge in [-0.15, -0.1) is 0 Å². The zero-order valence-corrected chi connectivity index (χ0v) is 9.37. The van der Waals surface area contributed by atoms with Crippen molar-refractivity contribution in [1.82, 2.24) is 5.32 Å². The van der Waals surface area contributed by atoms with Crippen molar-refractivity contribution in [3.63, 3.8) is 0 Å². The second-order valence-electron chi connectivity index (χ2n) is 2.74. The van der Waals surface area contributed by atoms with Gasteiger partial charge in [-0.25, -0.2) is 0 Å². The van der Waals surface area contributed by atoms with Crippen molar-refractivity contribution >= 4 is 29.0 Å². The molecule has 0 aromatic carbocycles. The largest absolute Gasteiger partial charge is 0.481 e. The molecule has 0 fully saturated rings. The van der Waals surface area contributed by atoms with E-state index in [1.807, 2.05) is 7.05 Å². The second-order valence-corrected chi connectivity index (χ2v) is 3.25. The molecule has 2 atom stereocenters. The van der Waals surface area contributed by atoms with Crippen LogP contribution in [-0.2, 0) is 7.86 Å². The summed E-state index contributed by atoms with van der Waals surface area (Å²) in [4.78, 5) is 10.5. The van der Waals surface area contributed by atoms with Gasteiger partial charge in [0.1, 0.15) is 23.0 Å². The molecular weight excluding hydrogens is 273 g/mol. The molecule has 0 saturated carbocycles. The van der Waals surface area contributed by atoms with Crippen molar-refractivity contribution in [1.29, 1.82) is 0 Å². The van der Waals surface area contributed by atoms with Crippen molar-refractivity contribution in [3.05, 3.63) is 0 Å². The predicted octanol–water partition coefficient (Wildman–Crippen LogP) is 1.05. The average Bonchev–Trinajstić information content (AvgIpc) is 2.03. The Hall–Kier alpha value is 0.120. The average molecular weight is 287 g/mol. The molecule has 0 amide bonds. The van der Waals surface area contributed by atoms with Crippen LogP contribution in [0, 0.1) is 5.92 Å². The Bertz CT molecular complexity index is 143. The summed E-state index contributed by atoms with van der Waals surface area (Å²) in [6.07, 6.45) is 0.515. The molecule has 2 N–H and O–H groups in total. The number of aliphatic carboxylic acids is 1. The summed E-state index contributed by atoms with van der Waals surface area (Å²) in [5.41, 5.74) is 0. The van der Waals surface area contributed by atoms with E-state index >= 15 is 0 Å². The number of carboxylic acid groups (broad SMARTS) is 1. The number of likely N-dealkylation sites (N-methyl/N-ethyl adjacent to an activating group) is 1. The highest BCUT2D eigenvalue weighted by atomic mass is 127. The first-order chi connectivity index (χ1) is 5.61. The lowest BCUT2D eigenvalue weighted by molar-refractivity contribution is -0.141. The third-order valence-electron chi connectivity index (χ3n) is 1.60. The van der Waals surface area contributed by atoms with E-state index in [2.05, 4.69) is 5.32 Å². The maximum Gasteiger partial charge on any atom is 0.306 e. The van der Waals surface area contributed by atoms with Crippen LogP contribution in [0.1, 0.15) is 13.3 Å². The summed E-state index contributed by atoms with van der Waals surface area (Å²) in [6, 6.07) is 0. The lowest BCUT2D eigenvalue weighted by Crippen LogP contribution is -2.28. The summed E-state index contributed by atoms with van der Waals surface area (Å²) >= 11 is 1.80. The Morgan fingerprint density at radius 2 is 2.33 bits per heavy atom. The molecule has 12 heavy (non-hydrogen) atoms. The van der Waals surface area contributed by atoms with Crippen LogP contribution in [0.4, 0.5) is 0 Å². The van der Waals surface area contributed by atoms with Gasteiger partial charge in [-0.05, 0) is 13.5 Å². The summed E-state index contributed by atoms with van der Waals surface area (Å²) in [7, 11) is 1.81. The molecular formula is C7H14INO3. The molecule has 0 radical (unpaired) electrons. The number of hydrogen-bond acceptors (Lipinski definition) is 3. The quantitative estimate of drug-likeness (QED) is 0.717. The minimum absolute atomic E-state index is 0.0262. The first kappa shape index (κ1) is 12.1. The van der Waals surface area contributed by atoms with E-state index < -0.39 is 5.97 Å². The Kier molecular flexibility index (Phi) is 6.68. The molecule has 5 heteroatoms. The van der Waals surface area contributed by atoms with Crippen LogP contribution in [0.2, 0.25) is 0 Å². The number of carboxylic acids is 1. The van der Waals surface area contributed by atoms with E-state index in [9.17, 15) is 4.79 Å². The zero-order valence-electron chi connectivity index (χ0n) is 7.21. The highest BCUT2D eigenvalue weighted by Gasteiger charge is 2.17. The van der Waals surface area contributed by atoms with Crippen molar-refractivity contribution in [2.24, 2.45) is 5.92 Å². The van der Waals surface area contributed by atoms with E-state index in [1.165, 1.54) is 0 Å². The van der Waals surface area contributed by atoms with Gasteiger partial charge in [0, 0.05) is 6.54 Å². The van der Waals surface area contributed by atoms with E-state index in [1.54, 1.807) is 29.9 Å². The molecule has 4 nitrogen and oxygen atoms in total. The first-order valence-corrected chi connectivity index (χ1v) is 4.64. The second kappa shape index (κ2) is 6.62. The summed E-state index contributed by atoms with van der Waals surface area (Å²) in [5.74, 6) is -1.12. The zero-order chi connectivity index (χ0) is 9.56. The third-order valence-corrected chi connectivity index (χ3v) is 2.31. The van der Waals surface area contributed by atoms with Crippen LogP contribution in [0.25, 0.3) is 0 Å². The molecule has 0 spiro atoms. The van der Waals surface area contributed by atoms with Crippen molar-refractivity contribution in [2.45, 2.75) is 19.4 Å². The fourth-order valence-electron chi connectivity index (χ4n) is 0.874. The summed E-state index contributed by atoms with van der Waals surface area (Å²) in [5, 5.41) is 11.6. The van der Waals surface area contributed by atoms with Crippen LogP contribution in [0.15, 0.2) is 0 Å².